The Morgan fingerprint density at radius 1 is 0.569 bits per heavy atom. The van der Waals surface area contributed by atoms with Gasteiger partial charge in [-0.25, -0.2) is 0 Å². The quantitative estimate of drug-likeness (QED) is 0.184. The van der Waals surface area contributed by atoms with Crippen LogP contribution in [-0.2, 0) is 0 Å². The lowest BCUT2D eigenvalue weighted by Gasteiger charge is -2.26. The molecule has 9 aromatic rings. The third-order valence-electron chi connectivity index (χ3n) is 10.2. The van der Waals surface area contributed by atoms with E-state index >= 15 is 0 Å². The van der Waals surface area contributed by atoms with Crippen LogP contribution >= 0.6 is 0 Å². The highest BCUT2D eigenvalue weighted by Gasteiger charge is 2.25. The van der Waals surface area contributed by atoms with Gasteiger partial charge >= 0.3 is 0 Å². The zero-order valence-corrected chi connectivity index (χ0v) is 28.2. The Bertz CT molecular complexity index is 2760. The van der Waals surface area contributed by atoms with Gasteiger partial charge in [-0.05, 0) is 97.3 Å². The number of hydrogen-bond donors (Lipinski definition) is 0. The first-order chi connectivity index (χ1) is 25.2. The number of fused-ring (bicyclic) bond motifs is 8. The summed E-state index contributed by atoms with van der Waals surface area (Å²) in [6.45, 7) is 2.28. The van der Waals surface area contributed by atoms with E-state index in [1.807, 2.05) is 6.07 Å². The minimum absolute atomic E-state index is 0.240. The molecule has 1 aliphatic rings. The lowest BCUT2D eigenvalue weighted by atomic mass is 9.92. The third-order valence-corrected chi connectivity index (χ3v) is 10.2. The predicted octanol–water partition coefficient (Wildman–Crippen LogP) is 13.1. The zero-order valence-electron chi connectivity index (χ0n) is 28.2. The molecule has 1 atom stereocenters. The number of furan rings is 1. The average Bonchev–Trinajstić information content (AvgIpc) is 3.66. The summed E-state index contributed by atoms with van der Waals surface area (Å²) in [6.07, 6.45) is 3.09. The van der Waals surface area contributed by atoms with E-state index in [1.165, 1.54) is 27.4 Å². The summed E-state index contributed by atoms with van der Waals surface area (Å²) < 4.78 is 15.6. The SMILES string of the molecule is CC1CC=C(c2ccccc2)Oc2ccc3oc4ccc(N(c5ccccc5)c5ccc6c(c5)c5ccccc5n6-c5ccccc5)cc4c3c21. The van der Waals surface area contributed by atoms with E-state index in [9.17, 15) is 0 Å². The van der Waals surface area contributed by atoms with E-state index in [0.717, 1.165) is 68.2 Å². The van der Waals surface area contributed by atoms with E-state index in [4.69, 9.17) is 9.15 Å². The van der Waals surface area contributed by atoms with Gasteiger partial charge in [0.05, 0.1) is 11.0 Å². The standard InChI is InChI=1S/C47H34N2O2/c1-31-21-25-42(32-13-5-2-6-14-32)50-44-27-28-45-47(46(31)44)39-30-36(23-26-43(39)51-45)48(33-15-7-3-8-16-33)35-22-24-41-38(29-35)37-19-11-12-20-40(37)49(41)34-17-9-4-10-18-34/h2-20,22-31H,21H2,1H3. The second-order valence-electron chi connectivity index (χ2n) is 13.4. The number of anilines is 3. The monoisotopic (exact) mass is 658 g/mol. The Hall–Kier alpha value is -6.52. The number of nitrogens with zero attached hydrogens (tertiary/aromatic N) is 2. The van der Waals surface area contributed by atoms with Gasteiger partial charge in [0.1, 0.15) is 22.7 Å². The second-order valence-corrected chi connectivity index (χ2v) is 13.4. The molecular formula is C47H34N2O2. The first-order valence-corrected chi connectivity index (χ1v) is 17.6. The summed E-state index contributed by atoms with van der Waals surface area (Å²) in [6, 6.07) is 57.8. The van der Waals surface area contributed by atoms with Gasteiger partial charge in [-0.3, -0.25) is 0 Å². The molecular weight excluding hydrogens is 625 g/mol. The van der Waals surface area contributed by atoms with E-state index in [1.54, 1.807) is 0 Å². The molecule has 0 spiro atoms. The lowest BCUT2D eigenvalue weighted by Crippen LogP contribution is -2.09. The highest BCUT2D eigenvalue weighted by Crippen LogP contribution is 2.46. The molecule has 0 fully saturated rings. The molecule has 0 bridgehead atoms. The number of allylic oxidation sites excluding steroid dienone is 1. The van der Waals surface area contributed by atoms with Gasteiger partial charge in [-0.1, -0.05) is 91.9 Å². The minimum atomic E-state index is 0.240. The fourth-order valence-electron chi connectivity index (χ4n) is 7.90. The van der Waals surface area contributed by atoms with Gasteiger partial charge in [0.15, 0.2) is 0 Å². The molecule has 3 heterocycles. The third kappa shape index (κ3) is 4.83. The highest BCUT2D eigenvalue weighted by molar-refractivity contribution is 6.12. The van der Waals surface area contributed by atoms with Gasteiger partial charge in [-0.2, -0.15) is 0 Å². The van der Waals surface area contributed by atoms with Gasteiger partial charge in [0.2, 0.25) is 0 Å². The molecule has 0 saturated carbocycles. The Kier molecular flexibility index (Phi) is 6.81. The summed E-state index contributed by atoms with van der Waals surface area (Å²) >= 11 is 0. The molecule has 0 amide bonds. The van der Waals surface area contributed by atoms with E-state index in [2.05, 4.69) is 180 Å². The van der Waals surface area contributed by atoms with Crippen LogP contribution in [0.25, 0.3) is 55.2 Å². The fourth-order valence-corrected chi connectivity index (χ4v) is 7.90. The Balaban J connectivity index is 1.16. The van der Waals surface area contributed by atoms with Crippen molar-refractivity contribution in [1.82, 2.24) is 4.57 Å². The number of benzene rings is 7. The largest absolute Gasteiger partial charge is 0.457 e. The molecule has 1 aliphatic heterocycles. The molecule has 244 valence electrons. The number of rotatable bonds is 5. The van der Waals surface area contributed by atoms with Crippen LogP contribution in [0.5, 0.6) is 5.75 Å². The van der Waals surface area contributed by atoms with Gasteiger partial charge in [0, 0.05) is 55.4 Å². The summed E-state index contributed by atoms with van der Waals surface area (Å²) in [5, 5.41) is 4.64. The van der Waals surface area contributed by atoms with Crippen LogP contribution in [0, 0.1) is 0 Å². The van der Waals surface area contributed by atoms with Crippen molar-refractivity contribution in [3.63, 3.8) is 0 Å². The van der Waals surface area contributed by atoms with Crippen molar-refractivity contribution in [2.45, 2.75) is 19.3 Å². The van der Waals surface area contributed by atoms with E-state index in [0.29, 0.717) is 0 Å². The van der Waals surface area contributed by atoms with Crippen molar-refractivity contribution < 1.29 is 9.15 Å². The number of para-hydroxylation sites is 3. The maximum absolute atomic E-state index is 6.67. The molecule has 1 unspecified atom stereocenters. The van der Waals surface area contributed by atoms with Gasteiger partial charge in [-0.15, -0.1) is 0 Å². The smallest absolute Gasteiger partial charge is 0.135 e. The van der Waals surface area contributed by atoms with Gasteiger partial charge in [0.25, 0.3) is 0 Å². The zero-order chi connectivity index (χ0) is 33.9. The average molecular weight is 659 g/mol. The molecule has 10 rings (SSSR count). The van der Waals surface area contributed by atoms with Crippen LogP contribution in [0.1, 0.15) is 30.4 Å². The summed E-state index contributed by atoms with van der Waals surface area (Å²) in [5.41, 5.74) is 10.8. The predicted molar refractivity (Wildman–Crippen MR) is 211 cm³/mol. The number of ether oxygens (including phenoxy) is 1. The number of hydrogen-bond acceptors (Lipinski definition) is 3. The molecule has 4 nitrogen and oxygen atoms in total. The topological polar surface area (TPSA) is 30.5 Å². The summed E-state index contributed by atoms with van der Waals surface area (Å²) in [4.78, 5) is 2.35. The molecule has 2 aromatic heterocycles. The van der Waals surface area contributed by atoms with Crippen molar-refractivity contribution in [1.29, 1.82) is 0 Å². The van der Waals surface area contributed by atoms with Crippen molar-refractivity contribution in [2.24, 2.45) is 0 Å². The lowest BCUT2D eigenvalue weighted by molar-refractivity contribution is 0.511. The Labute approximate surface area is 296 Å². The maximum atomic E-state index is 6.67. The normalized spacial score (nSPS) is 14.4. The van der Waals surface area contributed by atoms with Crippen LogP contribution < -0.4 is 9.64 Å². The fraction of sp³-hybridized carbons (Fsp3) is 0.0638. The van der Waals surface area contributed by atoms with E-state index in [-0.39, 0.29) is 5.92 Å². The second kappa shape index (κ2) is 11.8. The summed E-state index contributed by atoms with van der Waals surface area (Å²) in [5.74, 6) is 2.02. The molecule has 0 saturated heterocycles. The van der Waals surface area contributed by atoms with Crippen LogP contribution in [0.2, 0.25) is 0 Å². The highest BCUT2D eigenvalue weighted by atomic mass is 16.5. The first kappa shape index (κ1) is 29.4. The molecule has 4 heteroatoms. The molecule has 0 radical (unpaired) electrons. The molecule has 7 aromatic carbocycles. The molecule has 0 N–H and O–H groups in total. The summed E-state index contributed by atoms with van der Waals surface area (Å²) in [7, 11) is 0. The minimum Gasteiger partial charge on any atom is -0.457 e. The van der Waals surface area contributed by atoms with Crippen molar-refractivity contribution in [2.75, 3.05) is 4.90 Å². The van der Waals surface area contributed by atoms with Gasteiger partial charge < -0.3 is 18.6 Å². The number of aromatic nitrogens is 1. The van der Waals surface area contributed by atoms with Crippen LogP contribution in [0.15, 0.2) is 174 Å². The van der Waals surface area contributed by atoms with Crippen molar-refractivity contribution in [3.8, 4) is 11.4 Å². The van der Waals surface area contributed by atoms with Crippen LogP contribution in [0.3, 0.4) is 0 Å². The van der Waals surface area contributed by atoms with E-state index < -0.39 is 0 Å². The van der Waals surface area contributed by atoms with Crippen LogP contribution in [0.4, 0.5) is 17.1 Å². The Morgan fingerprint density at radius 2 is 1.22 bits per heavy atom. The Morgan fingerprint density at radius 3 is 2.02 bits per heavy atom. The maximum Gasteiger partial charge on any atom is 0.135 e. The molecule has 51 heavy (non-hydrogen) atoms. The molecule has 0 aliphatic carbocycles. The van der Waals surface area contributed by atoms with Crippen LogP contribution in [-0.4, -0.2) is 4.57 Å². The van der Waals surface area contributed by atoms with Crippen molar-refractivity contribution in [3.05, 3.63) is 181 Å². The van der Waals surface area contributed by atoms with Crippen molar-refractivity contribution >= 4 is 66.6 Å². The first-order valence-electron chi connectivity index (χ1n) is 17.6.